The van der Waals surface area contributed by atoms with Gasteiger partial charge in [0, 0.05) is 12.6 Å². The molecule has 0 aliphatic heterocycles. The highest BCUT2D eigenvalue weighted by Gasteiger charge is 2.13. The van der Waals surface area contributed by atoms with Gasteiger partial charge in [0.2, 0.25) is 5.88 Å². The number of nitrogens with one attached hydrogen (secondary N) is 2. The number of hydrogen-bond acceptors (Lipinski definition) is 4. The molecule has 1 aromatic heterocycles. The number of carbonyl (C=O) groups is 1. The van der Waals surface area contributed by atoms with E-state index in [2.05, 4.69) is 15.6 Å². The second kappa shape index (κ2) is 8.64. The van der Waals surface area contributed by atoms with E-state index in [1.54, 1.807) is 26.0 Å². The third kappa shape index (κ3) is 5.04. The fraction of sp³-hybridized carbons (Fsp3) is 0.294. The molecule has 1 heterocycles. The minimum Gasteiger partial charge on any atom is -0.475 e. The average molecular weight is 368 g/mol. The summed E-state index contributed by atoms with van der Waals surface area (Å²) in [7, 11) is 0. The second-order valence-electron chi connectivity index (χ2n) is 5.22. The summed E-state index contributed by atoms with van der Waals surface area (Å²) in [6, 6.07) is 5.62. The lowest BCUT2D eigenvalue weighted by Crippen LogP contribution is -2.28. The van der Waals surface area contributed by atoms with Gasteiger partial charge in [-0.25, -0.2) is 14.2 Å². The van der Waals surface area contributed by atoms with E-state index >= 15 is 0 Å². The van der Waals surface area contributed by atoms with Crippen LogP contribution in [0.4, 0.5) is 14.9 Å². The number of benzene rings is 1. The first-order valence-electron chi connectivity index (χ1n) is 7.71. The van der Waals surface area contributed by atoms with E-state index in [1.807, 2.05) is 0 Å². The van der Waals surface area contributed by atoms with Crippen molar-refractivity contribution in [2.45, 2.75) is 13.8 Å². The SMILES string of the molecule is CCNC(=O)Nc1cc(-c2cc(Cl)nc(OCCO)c2)c(C)cc1F. The Morgan fingerprint density at radius 3 is 2.80 bits per heavy atom. The van der Waals surface area contributed by atoms with Crippen molar-refractivity contribution in [2.75, 3.05) is 25.1 Å². The first-order chi connectivity index (χ1) is 11.9. The Balaban J connectivity index is 2.41. The van der Waals surface area contributed by atoms with E-state index in [-0.39, 0.29) is 29.9 Å². The number of urea groups is 1. The number of pyridine rings is 1. The summed E-state index contributed by atoms with van der Waals surface area (Å²) in [5.41, 5.74) is 2.04. The standard InChI is InChI=1S/C17H19ClFN3O3/c1-3-20-17(24)21-14-9-12(10(2)6-13(14)19)11-7-15(18)22-16(8-11)25-5-4-23/h6-9,23H,3-5H2,1-2H3,(H2,20,21,24). The third-order valence-corrected chi connectivity index (χ3v) is 3.52. The van der Waals surface area contributed by atoms with Gasteiger partial charge >= 0.3 is 6.03 Å². The summed E-state index contributed by atoms with van der Waals surface area (Å²) in [5.74, 6) is -0.289. The minimum absolute atomic E-state index is 0.0531. The zero-order chi connectivity index (χ0) is 18.4. The van der Waals surface area contributed by atoms with E-state index in [1.165, 1.54) is 12.1 Å². The van der Waals surface area contributed by atoms with Crippen LogP contribution < -0.4 is 15.4 Å². The Bertz CT molecular complexity index is 771. The van der Waals surface area contributed by atoms with E-state index in [9.17, 15) is 9.18 Å². The zero-order valence-corrected chi connectivity index (χ0v) is 14.7. The molecule has 0 aliphatic carbocycles. The number of aryl methyl sites for hydroxylation is 1. The molecule has 0 unspecified atom stereocenters. The molecular weight excluding hydrogens is 349 g/mol. The molecular formula is C17H19ClFN3O3. The van der Waals surface area contributed by atoms with Crippen LogP contribution in [0.5, 0.6) is 5.88 Å². The summed E-state index contributed by atoms with van der Waals surface area (Å²) >= 11 is 6.02. The number of anilines is 1. The molecule has 1 aromatic carbocycles. The zero-order valence-electron chi connectivity index (χ0n) is 13.9. The van der Waals surface area contributed by atoms with E-state index < -0.39 is 11.8 Å². The Morgan fingerprint density at radius 1 is 1.36 bits per heavy atom. The third-order valence-electron chi connectivity index (χ3n) is 3.32. The highest BCUT2D eigenvalue weighted by Crippen LogP contribution is 2.32. The number of ether oxygens (including phenoxy) is 1. The molecule has 2 amide bonds. The van der Waals surface area contributed by atoms with Crippen LogP contribution in [0.2, 0.25) is 5.15 Å². The maximum atomic E-state index is 14.1. The van der Waals surface area contributed by atoms with E-state index in [4.69, 9.17) is 21.4 Å². The number of hydrogen-bond donors (Lipinski definition) is 3. The Hall–Kier alpha value is -2.38. The van der Waals surface area contributed by atoms with E-state index in [0.717, 1.165) is 0 Å². The lowest BCUT2D eigenvalue weighted by molar-refractivity contribution is 0.197. The van der Waals surface area contributed by atoms with Crippen LogP contribution in [0.1, 0.15) is 12.5 Å². The largest absolute Gasteiger partial charge is 0.475 e. The number of aromatic nitrogens is 1. The molecule has 6 nitrogen and oxygen atoms in total. The van der Waals surface area contributed by atoms with Crippen molar-refractivity contribution < 1.29 is 19.0 Å². The molecule has 134 valence electrons. The van der Waals surface area contributed by atoms with Gasteiger partial charge in [-0.3, -0.25) is 0 Å². The maximum Gasteiger partial charge on any atom is 0.319 e. The predicted molar refractivity (Wildman–Crippen MR) is 94.7 cm³/mol. The van der Waals surface area contributed by atoms with Crippen LogP contribution in [-0.2, 0) is 0 Å². The first-order valence-corrected chi connectivity index (χ1v) is 8.09. The predicted octanol–water partition coefficient (Wildman–Crippen LogP) is 3.36. The number of rotatable bonds is 6. The van der Waals surface area contributed by atoms with Gasteiger partial charge in [-0.15, -0.1) is 0 Å². The number of nitrogens with zero attached hydrogens (tertiary/aromatic N) is 1. The molecule has 0 atom stereocenters. The van der Waals surface area contributed by atoms with Crippen molar-refractivity contribution in [1.29, 1.82) is 0 Å². The lowest BCUT2D eigenvalue weighted by atomic mass is 10.0. The normalized spacial score (nSPS) is 10.4. The Morgan fingerprint density at radius 2 is 2.12 bits per heavy atom. The number of amides is 2. The number of aliphatic hydroxyl groups is 1. The molecule has 0 aliphatic rings. The molecule has 0 radical (unpaired) electrons. The van der Waals surface area contributed by atoms with Gasteiger partial charge < -0.3 is 20.5 Å². The summed E-state index contributed by atoms with van der Waals surface area (Å²) in [4.78, 5) is 15.7. The monoisotopic (exact) mass is 367 g/mol. The fourth-order valence-electron chi connectivity index (χ4n) is 2.26. The molecule has 0 saturated carbocycles. The maximum absolute atomic E-state index is 14.1. The molecule has 0 saturated heterocycles. The first kappa shape index (κ1) is 19.0. The topological polar surface area (TPSA) is 83.5 Å². The van der Waals surface area contributed by atoms with Gasteiger partial charge in [0.1, 0.15) is 17.6 Å². The van der Waals surface area contributed by atoms with Gasteiger partial charge in [-0.2, -0.15) is 0 Å². The molecule has 8 heteroatoms. The fourth-order valence-corrected chi connectivity index (χ4v) is 2.46. The molecule has 2 rings (SSSR count). The summed E-state index contributed by atoms with van der Waals surface area (Å²) < 4.78 is 19.4. The van der Waals surface area contributed by atoms with Gasteiger partial charge in [-0.05, 0) is 48.7 Å². The smallest absolute Gasteiger partial charge is 0.319 e. The Labute approximate surface area is 150 Å². The van der Waals surface area contributed by atoms with Gasteiger partial charge in [0.15, 0.2) is 0 Å². The summed E-state index contributed by atoms with van der Waals surface area (Å²) in [5, 5.41) is 14.1. The van der Waals surface area contributed by atoms with Crippen molar-refractivity contribution in [3.8, 4) is 17.0 Å². The van der Waals surface area contributed by atoms with Crippen LogP contribution in [0.25, 0.3) is 11.1 Å². The van der Waals surface area contributed by atoms with Crippen molar-refractivity contribution in [3.63, 3.8) is 0 Å². The number of aliphatic hydroxyl groups excluding tert-OH is 1. The van der Waals surface area contributed by atoms with Crippen LogP contribution in [0.3, 0.4) is 0 Å². The lowest BCUT2D eigenvalue weighted by Gasteiger charge is -2.13. The second-order valence-corrected chi connectivity index (χ2v) is 5.61. The quantitative estimate of drug-likeness (QED) is 0.683. The highest BCUT2D eigenvalue weighted by molar-refractivity contribution is 6.29. The number of carbonyl (C=O) groups excluding carboxylic acids is 1. The summed E-state index contributed by atoms with van der Waals surface area (Å²) in [6.45, 7) is 3.87. The average Bonchev–Trinajstić information content (AvgIpc) is 2.55. The van der Waals surface area contributed by atoms with Crippen LogP contribution >= 0.6 is 11.6 Å². The molecule has 0 bridgehead atoms. The highest BCUT2D eigenvalue weighted by atomic mass is 35.5. The van der Waals surface area contributed by atoms with Crippen molar-refractivity contribution >= 4 is 23.3 Å². The van der Waals surface area contributed by atoms with Crippen LogP contribution in [0.15, 0.2) is 24.3 Å². The summed E-state index contributed by atoms with van der Waals surface area (Å²) in [6.07, 6.45) is 0. The van der Waals surface area contributed by atoms with Crippen LogP contribution in [0, 0.1) is 12.7 Å². The van der Waals surface area contributed by atoms with Crippen LogP contribution in [-0.4, -0.2) is 35.9 Å². The molecule has 2 aromatic rings. The van der Waals surface area contributed by atoms with Crippen molar-refractivity contribution in [3.05, 3.63) is 40.8 Å². The Kier molecular flexibility index (Phi) is 6.55. The van der Waals surface area contributed by atoms with Gasteiger partial charge in [0.05, 0.1) is 12.3 Å². The molecule has 25 heavy (non-hydrogen) atoms. The van der Waals surface area contributed by atoms with Gasteiger partial charge in [-0.1, -0.05) is 11.6 Å². The minimum atomic E-state index is -0.538. The van der Waals surface area contributed by atoms with Crippen molar-refractivity contribution in [1.82, 2.24) is 10.3 Å². The number of halogens is 2. The van der Waals surface area contributed by atoms with Crippen molar-refractivity contribution in [2.24, 2.45) is 0 Å². The molecule has 0 spiro atoms. The molecule has 0 fully saturated rings. The van der Waals surface area contributed by atoms with Gasteiger partial charge in [0.25, 0.3) is 0 Å². The molecule has 3 N–H and O–H groups in total. The van der Waals surface area contributed by atoms with E-state index in [0.29, 0.717) is 23.2 Å².